The van der Waals surface area contributed by atoms with Crippen LogP contribution in [-0.4, -0.2) is 33.5 Å². The predicted octanol–water partition coefficient (Wildman–Crippen LogP) is 8.07. The van der Waals surface area contributed by atoms with Crippen LogP contribution >= 0.6 is 0 Å². The maximum Gasteiger partial charge on any atom is 0.413 e. The van der Waals surface area contributed by atoms with Gasteiger partial charge in [0.1, 0.15) is 18.1 Å². The monoisotopic (exact) mass is 578 g/mol. The molecule has 43 heavy (non-hydrogen) atoms. The number of methoxy groups -OCH3 is 1. The second-order valence-corrected chi connectivity index (χ2v) is 9.53. The Labute approximate surface area is 252 Å². The first-order valence-electron chi connectivity index (χ1n) is 14.7. The summed E-state index contributed by atoms with van der Waals surface area (Å²) in [6, 6.07) is 25.5. The van der Waals surface area contributed by atoms with Crippen molar-refractivity contribution < 1.29 is 19.1 Å². The molecule has 0 aliphatic heterocycles. The highest BCUT2D eigenvalue weighted by Gasteiger charge is 2.52. The van der Waals surface area contributed by atoms with Gasteiger partial charge in [-0.15, -0.1) is 0 Å². The number of esters is 1. The zero-order valence-corrected chi connectivity index (χ0v) is 25.3. The lowest BCUT2D eigenvalue weighted by atomic mass is 9.93. The van der Waals surface area contributed by atoms with Crippen LogP contribution in [0.1, 0.15) is 51.7 Å². The van der Waals surface area contributed by atoms with Gasteiger partial charge in [0.15, 0.2) is 5.65 Å². The summed E-state index contributed by atoms with van der Waals surface area (Å²) < 4.78 is 12.2. The van der Waals surface area contributed by atoms with E-state index in [-0.39, 0.29) is 12.6 Å². The lowest BCUT2D eigenvalue weighted by molar-refractivity contribution is -0.143. The van der Waals surface area contributed by atoms with Crippen molar-refractivity contribution in [3.63, 3.8) is 0 Å². The highest BCUT2D eigenvalue weighted by atomic mass is 16.5. The van der Waals surface area contributed by atoms with Gasteiger partial charge < -0.3 is 9.47 Å². The summed E-state index contributed by atoms with van der Waals surface area (Å²) in [7, 11) is 1.44. The van der Waals surface area contributed by atoms with Gasteiger partial charge in [-0.05, 0) is 35.1 Å². The Balaban J connectivity index is 0.00000102. The van der Waals surface area contributed by atoms with Gasteiger partial charge in [0, 0.05) is 18.0 Å². The molecule has 0 bridgehead atoms. The number of hydrogen-bond acceptors (Lipinski definition) is 6. The number of ether oxygens (including phenoxy) is 2. The minimum atomic E-state index is -0.573. The molecule has 222 valence electrons. The number of imidazole rings is 1. The average molecular weight is 579 g/mol. The Morgan fingerprint density at radius 2 is 1.47 bits per heavy atom. The number of rotatable bonds is 7. The van der Waals surface area contributed by atoms with Crippen molar-refractivity contribution in [3.05, 3.63) is 109 Å². The molecule has 0 saturated heterocycles. The average Bonchev–Trinajstić information content (AvgIpc) is 3.82. The largest absolute Gasteiger partial charge is 0.468 e. The molecule has 2 heterocycles. The molecule has 3 aromatic carbocycles. The Hall–Kier alpha value is -4.98. The molecule has 1 aliphatic rings. The maximum atomic E-state index is 12.7. The van der Waals surface area contributed by atoms with E-state index in [1.807, 2.05) is 107 Å². The van der Waals surface area contributed by atoms with E-state index in [1.165, 1.54) is 7.11 Å². The van der Waals surface area contributed by atoms with E-state index in [1.54, 1.807) is 23.0 Å². The summed E-state index contributed by atoms with van der Waals surface area (Å²) in [4.78, 5) is 33.8. The number of carbonyl (C=O) groups excluding carboxylic acids is 2. The number of benzene rings is 3. The second-order valence-electron chi connectivity index (χ2n) is 9.53. The van der Waals surface area contributed by atoms with Gasteiger partial charge in [-0.25, -0.2) is 9.78 Å². The van der Waals surface area contributed by atoms with Crippen molar-refractivity contribution in [1.29, 1.82) is 0 Å². The molecule has 8 heteroatoms. The van der Waals surface area contributed by atoms with Crippen LogP contribution in [0.3, 0.4) is 0 Å². The first-order valence-corrected chi connectivity index (χ1v) is 14.7. The third kappa shape index (κ3) is 6.75. The quantitative estimate of drug-likeness (QED) is 0.196. The van der Waals surface area contributed by atoms with Crippen LogP contribution in [0.5, 0.6) is 0 Å². The van der Waals surface area contributed by atoms with Crippen LogP contribution in [0.25, 0.3) is 28.0 Å². The molecule has 6 rings (SSSR count). The first-order chi connectivity index (χ1) is 21.1. The summed E-state index contributed by atoms with van der Waals surface area (Å²) in [6.07, 6.45) is 6.08. The Bertz CT molecular complexity index is 1640. The number of aromatic nitrogens is 3. The molecule has 1 aliphatic carbocycles. The Morgan fingerprint density at radius 3 is 2.07 bits per heavy atom. The van der Waals surface area contributed by atoms with Gasteiger partial charge in [0.2, 0.25) is 0 Å². The minimum Gasteiger partial charge on any atom is -0.468 e. The number of nitrogens with zero attached hydrogens (tertiary/aromatic N) is 3. The molecule has 0 atom stereocenters. The minimum absolute atomic E-state index is 0.161. The lowest BCUT2D eigenvalue weighted by Crippen LogP contribution is -2.21. The van der Waals surface area contributed by atoms with Crippen LogP contribution in [0.4, 0.5) is 10.6 Å². The van der Waals surface area contributed by atoms with E-state index >= 15 is 0 Å². The summed E-state index contributed by atoms with van der Waals surface area (Å²) in [5.74, 6) is 0.329. The van der Waals surface area contributed by atoms with Gasteiger partial charge in [-0.3, -0.25) is 19.5 Å². The number of nitrogens with one attached hydrogen (secondary N) is 1. The molecule has 1 amide bonds. The van der Waals surface area contributed by atoms with Gasteiger partial charge >= 0.3 is 12.1 Å². The summed E-state index contributed by atoms with van der Waals surface area (Å²) in [5.41, 5.74) is 5.50. The molecule has 1 saturated carbocycles. The maximum absolute atomic E-state index is 12.7. The highest BCUT2D eigenvalue weighted by molar-refractivity contribution is 5.91. The molecular formula is C35H38N4O4. The smallest absolute Gasteiger partial charge is 0.413 e. The van der Waals surface area contributed by atoms with Gasteiger partial charge in [-0.1, -0.05) is 107 Å². The standard InChI is InChI=1S/C31H26N4O4.2C2H6/c1-38-29(36)31(15-16-31)25-13-11-23(12-14-25)22-7-9-24(10-8-22)27-28(35-18-17-32-19-26(35)33-27)34-30(37)39-20-21-5-3-2-4-6-21;2*1-2/h2-14,17-19H,15-16,20H2,1H3,(H,34,37);2*1-2H3. The number of anilines is 1. The second kappa shape index (κ2) is 14.3. The molecule has 8 nitrogen and oxygen atoms in total. The molecule has 0 unspecified atom stereocenters. The third-order valence-corrected chi connectivity index (χ3v) is 7.12. The van der Waals surface area contributed by atoms with Gasteiger partial charge in [0.25, 0.3) is 0 Å². The number of carbonyl (C=O) groups is 2. The number of fused-ring (bicyclic) bond motifs is 1. The van der Waals surface area contributed by atoms with E-state index < -0.39 is 11.5 Å². The summed E-state index contributed by atoms with van der Waals surface area (Å²) in [6.45, 7) is 8.16. The molecule has 1 N–H and O–H groups in total. The van der Waals surface area contributed by atoms with E-state index in [0.29, 0.717) is 17.2 Å². The van der Waals surface area contributed by atoms with Crippen LogP contribution in [0.2, 0.25) is 0 Å². The van der Waals surface area contributed by atoms with Crippen molar-refractivity contribution in [2.24, 2.45) is 0 Å². The molecule has 0 spiro atoms. The van der Waals surface area contributed by atoms with Gasteiger partial charge in [0.05, 0.1) is 18.7 Å². The molecular weight excluding hydrogens is 540 g/mol. The van der Waals surface area contributed by atoms with Crippen LogP contribution in [0.15, 0.2) is 97.5 Å². The van der Waals surface area contributed by atoms with Crippen LogP contribution in [0, 0.1) is 0 Å². The fraction of sp³-hybridized carbons (Fsp3) is 0.257. The topological polar surface area (TPSA) is 94.8 Å². The zero-order valence-electron chi connectivity index (χ0n) is 25.3. The number of hydrogen-bond donors (Lipinski definition) is 1. The normalized spacial score (nSPS) is 12.6. The summed E-state index contributed by atoms with van der Waals surface area (Å²) >= 11 is 0. The predicted molar refractivity (Wildman–Crippen MR) is 170 cm³/mol. The Kier molecular flexibility index (Phi) is 10.3. The molecule has 0 radical (unpaired) electrons. The van der Waals surface area contributed by atoms with E-state index in [0.717, 1.165) is 40.7 Å². The van der Waals surface area contributed by atoms with E-state index in [4.69, 9.17) is 14.5 Å². The SMILES string of the molecule is CC.CC.COC(=O)C1(c2ccc(-c3ccc(-c4nc5cnccn5c4NC(=O)OCc4ccccc4)cc3)cc2)CC1. The van der Waals surface area contributed by atoms with Crippen molar-refractivity contribution in [1.82, 2.24) is 14.4 Å². The molecule has 1 fully saturated rings. The number of amides is 1. The fourth-order valence-electron chi connectivity index (χ4n) is 4.82. The third-order valence-electron chi connectivity index (χ3n) is 7.12. The lowest BCUT2D eigenvalue weighted by Gasteiger charge is -2.13. The fourth-order valence-corrected chi connectivity index (χ4v) is 4.82. The zero-order chi connectivity index (χ0) is 30.8. The van der Waals surface area contributed by atoms with E-state index in [9.17, 15) is 9.59 Å². The van der Waals surface area contributed by atoms with Crippen molar-refractivity contribution in [2.75, 3.05) is 12.4 Å². The molecule has 5 aromatic rings. The van der Waals surface area contributed by atoms with Crippen LogP contribution < -0.4 is 5.32 Å². The van der Waals surface area contributed by atoms with Gasteiger partial charge in [-0.2, -0.15) is 0 Å². The van der Waals surface area contributed by atoms with Crippen molar-refractivity contribution in [3.8, 4) is 22.4 Å². The van der Waals surface area contributed by atoms with Crippen LogP contribution in [-0.2, 0) is 26.3 Å². The summed E-state index contributed by atoms with van der Waals surface area (Å²) in [5, 5.41) is 2.86. The van der Waals surface area contributed by atoms with E-state index in [2.05, 4.69) is 10.3 Å². The highest BCUT2D eigenvalue weighted by Crippen LogP contribution is 2.49. The molecule has 2 aromatic heterocycles. The van der Waals surface area contributed by atoms with Crippen molar-refractivity contribution >= 4 is 23.5 Å². The first kappa shape index (κ1) is 31.0. The Morgan fingerprint density at radius 1 is 0.860 bits per heavy atom. The van der Waals surface area contributed by atoms with Crippen molar-refractivity contribution in [2.45, 2.75) is 52.6 Å².